The average molecular weight is 243 g/mol. The Labute approximate surface area is 83.0 Å². The van der Waals surface area contributed by atoms with Gasteiger partial charge in [-0.25, -0.2) is 4.98 Å². The topological polar surface area (TPSA) is 17.8 Å². The summed E-state index contributed by atoms with van der Waals surface area (Å²) in [4.78, 5) is 5.48. The van der Waals surface area contributed by atoms with Gasteiger partial charge in [-0.1, -0.05) is 6.07 Å². The van der Waals surface area contributed by atoms with E-state index in [1.165, 1.54) is 4.88 Å². The van der Waals surface area contributed by atoms with E-state index in [0.29, 0.717) is 0 Å². The summed E-state index contributed by atoms with van der Waals surface area (Å²) in [5, 5.41) is 2.05. The lowest BCUT2D eigenvalue weighted by Gasteiger charge is -1.93. The highest BCUT2D eigenvalue weighted by atomic mass is 79.9. The molecule has 2 heterocycles. The van der Waals surface area contributed by atoms with E-state index in [-0.39, 0.29) is 0 Å². The highest BCUT2D eigenvalue weighted by Gasteiger charge is 2.07. The maximum atomic E-state index is 4.28. The molecular weight excluding hydrogens is 236 g/mol. The second kappa shape index (κ2) is 3.03. The van der Waals surface area contributed by atoms with E-state index in [9.17, 15) is 0 Å². The zero-order valence-electron chi connectivity index (χ0n) is 6.49. The number of rotatable bonds is 1. The van der Waals surface area contributed by atoms with Crippen molar-refractivity contribution >= 4 is 27.3 Å². The summed E-state index contributed by atoms with van der Waals surface area (Å²) in [6, 6.07) is 4.10. The van der Waals surface area contributed by atoms with Gasteiger partial charge >= 0.3 is 0 Å². The van der Waals surface area contributed by atoms with Gasteiger partial charge < -0.3 is 4.57 Å². The van der Waals surface area contributed by atoms with Crippen LogP contribution in [0.1, 0.15) is 0 Å². The fourth-order valence-electron chi connectivity index (χ4n) is 0.994. The number of imidazole rings is 1. The molecule has 0 aliphatic carbocycles. The molecule has 0 aromatic carbocycles. The van der Waals surface area contributed by atoms with E-state index in [2.05, 4.69) is 32.4 Å². The van der Waals surface area contributed by atoms with Gasteiger partial charge in [-0.2, -0.15) is 0 Å². The fourth-order valence-corrected chi connectivity index (χ4v) is 2.25. The Balaban J connectivity index is 2.55. The van der Waals surface area contributed by atoms with Crippen LogP contribution < -0.4 is 0 Å². The fraction of sp³-hybridized carbons (Fsp3) is 0.125. The maximum Gasteiger partial charge on any atom is 0.113 e. The number of aryl methyl sites for hydroxylation is 1. The van der Waals surface area contributed by atoms with E-state index in [0.717, 1.165) is 10.3 Å². The molecule has 0 unspecified atom stereocenters. The normalized spacial score (nSPS) is 10.5. The lowest BCUT2D eigenvalue weighted by atomic mass is 10.4. The van der Waals surface area contributed by atoms with Gasteiger partial charge in [0.2, 0.25) is 0 Å². The van der Waals surface area contributed by atoms with Gasteiger partial charge in [0.15, 0.2) is 0 Å². The Morgan fingerprint density at radius 3 is 2.92 bits per heavy atom. The van der Waals surface area contributed by atoms with Crippen molar-refractivity contribution in [3.8, 4) is 10.6 Å². The molecule has 0 saturated carbocycles. The van der Waals surface area contributed by atoms with E-state index < -0.39 is 0 Å². The van der Waals surface area contributed by atoms with Gasteiger partial charge in [-0.15, -0.1) is 11.3 Å². The molecule has 0 aliphatic heterocycles. The minimum Gasteiger partial charge on any atom is -0.328 e. The second-order valence-corrected chi connectivity index (χ2v) is 4.17. The quantitative estimate of drug-likeness (QED) is 0.752. The van der Waals surface area contributed by atoms with Crippen molar-refractivity contribution in [2.24, 2.45) is 7.05 Å². The molecule has 2 aromatic rings. The first-order chi connectivity index (χ1) is 5.79. The Morgan fingerprint density at radius 2 is 2.42 bits per heavy atom. The summed E-state index contributed by atoms with van der Waals surface area (Å²) in [6.45, 7) is 0. The van der Waals surface area contributed by atoms with Crippen LogP contribution in [0.2, 0.25) is 0 Å². The van der Waals surface area contributed by atoms with Crippen LogP contribution in [-0.4, -0.2) is 9.55 Å². The van der Waals surface area contributed by atoms with Crippen molar-refractivity contribution in [3.05, 3.63) is 28.4 Å². The summed E-state index contributed by atoms with van der Waals surface area (Å²) in [7, 11) is 1.97. The Kier molecular flexibility index (Phi) is 2.02. The Hall–Kier alpha value is -0.610. The van der Waals surface area contributed by atoms with Crippen molar-refractivity contribution < 1.29 is 0 Å². The zero-order chi connectivity index (χ0) is 8.55. The molecule has 12 heavy (non-hydrogen) atoms. The summed E-state index contributed by atoms with van der Waals surface area (Å²) in [5.74, 6) is 0. The van der Waals surface area contributed by atoms with Crippen LogP contribution in [0.4, 0.5) is 0 Å². The van der Waals surface area contributed by atoms with Crippen LogP contribution in [0.5, 0.6) is 0 Å². The van der Waals surface area contributed by atoms with Crippen molar-refractivity contribution in [1.82, 2.24) is 9.55 Å². The highest BCUT2D eigenvalue weighted by Crippen LogP contribution is 2.29. The lowest BCUT2D eigenvalue weighted by molar-refractivity contribution is 0.891. The van der Waals surface area contributed by atoms with E-state index in [4.69, 9.17) is 0 Å². The summed E-state index contributed by atoms with van der Waals surface area (Å²) >= 11 is 5.18. The predicted octanol–water partition coefficient (Wildman–Crippen LogP) is 2.91. The van der Waals surface area contributed by atoms with Crippen molar-refractivity contribution in [3.63, 3.8) is 0 Å². The number of nitrogens with zero attached hydrogens (tertiary/aromatic N) is 2. The van der Waals surface area contributed by atoms with Gasteiger partial charge in [0.1, 0.15) is 10.3 Å². The highest BCUT2D eigenvalue weighted by molar-refractivity contribution is 9.10. The van der Waals surface area contributed by atoms with Gasteiger partial charge in [-0.3, -0.25) is 0 Å². The average Bonchev–Trinajstić information content (AvgIpc) is 2.64. The molecule has 0 spiro atoms. The number of hydrogen-bond donors (Lipinski definition) is 0. The number of thiophene rings is 1. The Bertz CT molecular complexity index is 378. The minimum atomic E-state index is 1.02. The van der Waals surface area contributed by atoms with Gasteiger partial charge in [0.25, 0.3) is 0 Å². The molecule has 0 aliphatic rings. The van der Waals surface area contributed by atoms with Crippen molar-refractivity contribution in [2.75, 3.05) is 0 Å². The van der Waals surface area contributed by atoms with Crippen LogP contribution in [-0.2, 0) is 7.05 Å². The number of hydrogen-bond acceptors (Lipinski definition) is 2. The molecule has 0 radical (unpaired) electrons. The number of aromatic nitrogens is 2. The van der Waals surface area contributed by atoms with Crippen LogP contribution in [0.25, 0.3) is 10.6 Å². The first-order valence-electron chi connectivity index (χ1n) is 3.49. The molecular formula is C8H7BrN2S. The summed E-state index contributed by atoms with van der Waals surface area (Å²) in [6.07, 6.45) is 1.80. The van der Waals surface area contributed by atoms with Crippen LogP contribution >= 0.6 is 27.3 Å². The molecule has 0 bridgehead atoms. The summed E-state index contributed by atoms with van der Waals surface area (Å²) < 4.78 is 2.99. The molecule has 0 amide bonds. The molecule has 4 heteroatoms. The minimum absolute atomic E-state index is 1.02. The predicted molar refractivity (Wildman–Crippen MR) is 54.2 cm³/mol. The number of halogens is 1. The molecule has 0 atom stereocenters. The smallest absolute Gasteiger partial charge is 0.113 e. The molecule has 0 N–H and O–H groups in total. The van der Waals surface area contributed by atoms with E-state index in [1.807, 2.05) is 17.7 Å². The molecule has 2 aromatic heterocycles. The lowest BCUT2D eigenvalue weighted by Crippen LogP contribution is -1.82. The third-order valence-corrected chi connectivity index (χ3v) is 3.43. The zero-order valence-corrected chi connectivity index (χ0v) is 8.89. The molecule has 62 valence electrons. The van der Waals surface area contributed by atoms with Gasteiger partial charge in [0, 0.05) is 7.05 Å². The maximum absolute atomic E-state index is 4.28. The second-order valence-electron chi connectivity index (χ2n) is 2.47. The van der Waals surface area contributed by atoms with Crippen molar-refractivity contribution in [1.29, 1.82) is 0 Å². The molecule has 2 nitrogen and oxygen atoms in total. The third-order valence-electron chi connectivity index (χ3n) is 1.62. The third kappa shape index (κ3) is 1.21. The first-order valence-corrected chi connectivity index (χ1v) is 5.17. The van der Waals surface area contributed by atoms with E-state index in [1.54, 1.807) is 17.7 Å². The Morgan fingerprint density at radius 1 is 1.58 bits per heavy atom. The molecule has 2 rings (SSSR count). The largest absolute Gasteiger partial charge is 0.328 e. The van der Waals surface area contributed by atoms with Crippen LogP contribution in [0, 0.1) is 0 Å². The van der Waals surface area contributed by atoms with Gasteiger partial charge in [-0.05, 0) is 27.4 Å². The molecule has 0 fully saturated rings. The first kappa shape index (κ1) is 8.01. The SMILES string of the molecule is Cn1cnc(-c2cccs2)c1Br. The monoisotopic (exact) mass is 242 g/mol. The van der Waals surface area contributed by atoms with Gasteiger partial charge in [0.05, 0.1) is 11.2 Å². The van der Waals surface area contributed by atoms with Crippen molar-refractivity contribution in [2.45, 2.75) is 0 Å². The standard InChI is InChI=1S/C8H7BrN2S/c1-11-5-10-7(8(11)9)6-3-2-4-12-6/h2-5H,1H3. The van der Waals surface area contributed by atoms with E-state index >= 15 is 0 Å². The summed E-state index contributed by atoms with van der Waals surface area (Å²) in [5.41, 5.74) is 1.02. The van der Waals surface area contributed by atoms with Crippen LogP contribution in [0.3, 0.4) is 0 Å². The van der Waals surface area contributed by atoms with Crippen LogP contribution in [0.15, 0.2) is 28.4 Å². The molecule has 0 saturated heterocycles.